The summed E-state index contributed by atoms with van der Waals surface area (Å²) >= 11 is 0. The first-order valence-corrected chi connectivity index (χ1v) is 3.79. The van der Waals surface area contributed by atoms with Gasteiger partial charge in [-0.3, -0.25) is 0 Å². The second kappa shape index (κ2) is 4.66. The molecule has 0 saturated heterocycles. The van der Waals surface area contributed by atoms with Crippen LogP contribution in [0.3, 0.4) is 0 Å². The fourth-order valence-electron chi connectivity index (χ4n) is 0.837. The van der Waals surface area contributed by atoms with Crippen LogP contribution in [0.15, 0.2) is 0 Å². The molecule has 0 saturated carbocycles. The SMILES string of the molecule is COB(O)Oc1c(F)c(F)c(F)c(F)c1F. The summed E-state index contributed by atoms with van der Waals surface area (Å²) in [4.78, 5) is 0. The minimum atomic E-state index is -2.31. The Morgan fingerprint density at radius 2 is 1.25 bits per heavy atom. The zero-order chi connectivity index (χ0) is 12.5. The van der Waals surface area contributed by atoms with Crippen LogP contribution in [0.2, 0.25) is 0 Å². The number of hydrogen-bond donors (Lipinski definition) is 1. The summed E-state index contributed by atoms with van der Waals surface area (Å²) in [6, 6.07) is 0. The molecule has 1 aromatic rings. The van der Waals surface area contributed by atoms with Crippen molar-refractivity contribution in [3.8, 4) is 5.75 Å². The molecular formula is C7H4BF5O3. The van der Waals surface area contributed by atoms with Crippen molar-refractivity contribution in [1.82, 2.24) is 0 Å². The van der Waals surface area contributed by atoms with Gasteiger partial charge in [-0.15, -0.1) is 0 Å². The van der Waals surface area contributed by atoms with Crippen molar-refractivity contribution < 1.29 is 36.3 Å². The van der Waals surface area contributed by atoms with Gasteiger partial charge in [0.1, 0.15) is 0 Å². The van der Waals surface area contributed by atoms with E-state index in [1.165, 1.54) is 0 Å². The van der Waals surface area contributed by atoms with Crippen LogP contribution in [-0.2, 0) is 4.65 Å². The van der Waals surface area contributed by atoms with E-state index < -0.39 is 42.2 Å². The molecule has 0 spiro atoms. The van der Waals surface area contributed by atoms with Gasteiger partial charge in [0, 0.05) is 7.11 Å². The minimum absolute atomic E-state index is 0.900. The Balaban J connectivity index is 3.28. The fourth-order valence-corrected chi connectivity index (χ4v) is 0.837. The molecule has 16 heavy (non-hydrogen) atoms. The van der Waals surface area contributed by atoms with E-state index in [1.807, 2.05) is 0 Å². The van der Waals surface area contributed by atoms with Crippen LogP contribution >= 0.6 is 0 Å². The lowest BCUT2D eigenvalue weighted by Crippen LogP contribution is -2.26. The average molecular weight is 242 g/mol. The van der Waals surface area contributed by atoms with Crippen molar-refractivity contribution in [2.75, 3.05) is 7.11 Å². The number of halogens is 5. The molecule has 0 aromatic heterocycles. The molecule has 0 bridgehead atoms. The van der Waals surface area contributed by atoms with Gasteiger partial charge in [0.25, 0.3) is 0 Å². The van der Waals surface area contributed by atoms with E-state index >= 15 is 0 Å². The molecule has 0 atom stereocenters. The lowest BCUT2D eigenvalue weighted by molar-refractivity contribution is 0.224. The smallest absolute Gasteiger partial charge is 0.507 e. The molecule has 1 aromatic carbocycles. The topological polar surface area (TPSA) is 38.7 Å². The first-order valence-electron chi connectivity index (χ1n) is 3.79. The molecular weight excluding hydrogens is 238 g/mol. The zero-order valence-corrected chi connectivity index (χ0v) is 7.73. The molecule has 88 valence electrons. The van der Waals surface area contributed by atoms with Gasteiger partial charge < -0.3 is 14.3 Å². The second-order valence-electron chi connectivity index (χ2n) is 2.56. The highest BCUT2D eigenvalue weighted by Gasteiger charge is 2.30. The average Bonchev–Trinajstić information content (AvgIpc) is 2.29. The quantitative estimate of drug-likeness (QED) is 0.376. The molecule has 1 rings (SSSR count). The summed E-state index contributed by atoms with van der Waals surface area (Å²) in [6.07, 6.45) is 0. The molecule has 0 radical (unpaired) electrons. The van der Waals surface area contributed by atoms with Gasteiger partial charge in [-0.25, -0.2) is 13.2 Å². The number of rotatable bonds is 3. The van der Waals surface area contributed by atoms with Gasteiger partial charge in [0.05, 0.1) is 0 Å². The largest absolute Gasteiger partial charge is 0.710 e. The predicted molar refractivity (Wildman–Crippen MR) is 41.8 cm³/mol. The summed E-state index contributed by atoms with van der Waals surface area (Å²) in [5.41, 5.74) is 0. The van der Waals surface area contributed by atoms with Crippen LogP contribution in [0.25, 0.3) is 0 Å². The lowest BCUT2D eigenvalue weighted by Gasteiger charge is -2.10. The molecule has 0 unspecified atom stereocenters. The van der Waals surface area contributed by atoms with Crippen LogP contribution < -0.4 is 4.65 Å². The maximum Gasteiger partial charge on any atom is 0.710 e. The van der Waals surface area contributed by atoms with Crippen LogP contribution in [0.4, 0.5) is 22.0 Å². The third-order valence-electron chi connectivity index (χ3n) is 1.59. The summed E-state index contributed by atoms with van der Waals surface area (Å²) in [5.74, 6) is -12.6. The van der Waals surface area contributed by atoms with Crippen molar-refractivity contribution in [2.24, 2.45) is 0 Å². The maximum absolute atomic E-state index is 12.9. The van der Waals surface area contributed by atoms with E-state index in [1.54, 1.807) is 0 Å². The molecule has 0 heterocycles. The van der Waals surface area contributed by atoms with Gasteiger partial charge in [0.15, 0.2) is 5.75 Å². The summed E-state index contributed by atoms with van der Waals surface area (Å²) < 4.78 is 71.5. The fraction of sp³-hybridized carbons (Fsp3) is 0.143. The first-order chi connectivity index (χ1) is 7.40. The van der Waals surface area contributed by atoms with Gasteiger partial charge in [-0.1, -0.05) is 0 Å². The van der Waals surface area contributed by atoms with Gasteiger partial charge in [-0.05, 0) is 0 Å². The Bertz CT molecular complexity index is 384. The van der Waals surface area contributed by atoms with Crippen LogP contribution in [0, 0.1) is 29.1 Å². The van der Waals surface area contributed by atoms with Gasteiger partial charge in [-0.2, -0.15) is 8.78 Å². The van der Waals surface area contributed by atoms with Crippen molar-refractivity contribution in [1.29, 1.82) is 0 Å². The van der Waals surface area contributed by atoms with Gasteiger partial charge in [0.2, 0.25) is 29.1 Å². The molecule has 9 heteroatoms. The Kier molecular flexibility index (Phi) is 3.71. The Hall–Kier alpha value is -1.35. The molecule has 0 aliphatic rings. The van der Waals surface area contributed by atoms with Crippen LogP contribution in [0.5, 0.6) is 5.75 Å². The van der Waals surface area contributed by atoms with Crippen molar-refractivity contribution in [3.63, 3.8) is 0 Å². The zero-order valence-electron chi connectivity index (χ0n) is 7.73. The van der Waals surface area contributed by atoms with E-state index in [2.05, 4.69) is 9.31 Å². The highest BCUT2D eigenvalue weighted by atomic mass is 19.2. The monoisotopic (exact) mass is 242 g/mol. The Morgan fingerprint density at radius 3 is 1.62 bits per heavy atom. The molecule has 0 aliphatic heterocycles. The Morgan fingerprint density at radius 1 is 0.875 bits per heavy atom. The molecule has 0 amide bonds. The Labute approximate surface area is 86.6 Å². The minimum Gasteiger partial charge on any atom is -0.507 e. The molecule has 3 nitrogen and oxygen atoms in total. The maximum atomic E-state index is 12.9. The molecule has 0 fully saturated rings. The number of benzene rings is 1. The van der Waals surface area contributed by atoms with Crippen LogP contribution in [0.1, 0.15) is 0 Å². The van der Waals surface area contributed by atoms with E-state index in [0.717, 1.165) is 7.11 Å². The first kappa shape index (κ1) is 12.7. The highest BCUT2D eigenvalue weighted by molar-refractivity contribution is 6.35. The van der Waals surface area contributed by atoms with E-state index in [4.69, 9.17) is 5.02 Å². The third-order valence-corrected chi connectivity index (χ3v) is 1.59. The summed E-state index contributed by atoms with van der Waals surface area (Å²) in [5, 5.41) is 8.69. The van der Waals surface area contributed by atoms with Crippen molar-refractivity contribution >= 4 is 7.32 Å². The highest BCUT2D eigenvalue weighted by Crippen LogP contribution is 2.29. The summed E-state index contributed by atoms with van der Waals surface area (Å²) in [6.45, 7) is 0. The second-order valence-corrected chi connectivity index (χ2v) is 2.56. The molecule has 1 N–H and O–H groups in total. The lowest BCUT2D eigenvalue weighted by atomic mass is 10.2. The summed E-state index contributed by atoms with van der Waals surface area (Å²) in [7, 11) is -1.25. The number of hydrogen-bond acceptors (Lipinski definition) is 3. The van der Waals surface area contributed by atoms with Crippen LogP contribution in [-0.4, -0.2) is 19.5 Å². The van der Waals surface area contributed by atoms with Crippen molar-refractivity contribution in [3.05, 3.63) is 29.1 Å². The normalized spacial score (nSPS) is 10.4. The van der Waals surface area contributed by atoms with E-state index in [9.17, 15) is 22.0 Å². The standard InChI is InChI=1S/C7H4BF5O3/c1-15-8(14)16-7-5(12)3(10)2(9)4(11)6(7)13/h14H,1H3. The van der Waals surface area contributed by atoms with Crippen molar-refractivity contribution in [2.45, 2.75) is 0 Å². The van der Waals surface area contributed by atoms with Gasteiger partial charge >= 0.3 is 7.32 Å². The third kappa shape index (κ3) is 2.09. The van der Waals surface area contributed by atoms with E-state index in [-0.39, 0.29) is 0 Å². The molecule has 0 aliphatic carbocycles. The van der Waals surface area contributed by atoms with E-state index in [0.29, 0.717) is 0 Å². The predicted octanol–water partition coefficient (Wildman–Crippen LogP) is 1.38.